The first-order chi connectivity index (χ1) is 13.5. The van der Waals surface area contributed by atoms with Gasteiger partial charge in [-0.25, -0.2) is 4.68 Å². The molecule has 0 spiro atoms. The van der Waals surface area contributed by atoms with Crippen LogP contribution < -0.4 is 5.56 Å². The fourth-order valence-electron chi connectivity index (χ4n) is 3.02. The van der Waals surface area contributed by atoms with E-state index in [0.29, 0.717) is 27.0 Å². The number of benzene rings is 2. The number of nitrogens with zero attached hydrogens (tertiary/aromatic N) is 2. The second kappa shape index (κ2) is 7.61. The summed E-state index contributed by atoms with van der Waals surface area (Å²) in [6, 6.07) is 19.0. The van der Waals surface area contributed by atoms with Crippen LogP contribution in [0.15, 0.2) is 70.4 Å². The van der Waals surface area contributed by atoms with Crippen LogP contribution in [-0.4, -0.2) is 24.9 Å². The lowest BCUT2D eigenvalue weighted by atomic mass is 10.2. The fraction of sp³-hybridized carbons (Fsp3) is 0.0952. The lowest BCUT2D eigenvalue weighted by Gasteiger charge is -2.14. The highest BCUT2D eigenvalue weighted by molar-refractivity contribution is 8.26. The highest BCUT2D eigenvalue weighted by Gasteiger charge is 2.32. The number of carbonyl (C=O) groups excluding carboxylic acids is 1. The van der Waals surface area contributed by atoms with Crippen molar-refractivity contribution in [3.05, 3.63) is 92.7 Å². The molecule has 7 heteroatoms. The highest BCUT2D eigenvalue weighted by atomic mass is 32.2. The number of aromatic nitrogens is 2. The third kappa shape index (κ3) is 3.46. The number of aromatic amines is 1. The van der Waals surface area contributed by atoms with Crippen LogP contribution in [0.5, 0.6) is 0 Å². The van der Waals surface area contributed by atoms with Gasteiger partial charge in [-0.15, -0.1) is 0 Å². The zero-order valence-corrected chi connectivity index (χ0v) is 16.7. The molecule has 5 nitrogen and oxygen atoms in total. The third-order valence-corrected chi connectivity index (χ3v) is 5.84. The number of hydrogen-bond donors (Lipinski definition) is 1. The molecule has 0 radical (unpaired) electrons. The lowest BCUT2D eigenvalue weighted by molar-refractivity contribution is -0.122. The van der Waals surface area contributed by atoms with Gasteiger partial charge >= 0.3 is 0 Å². The van der Waals surface area contributed by atoms with Crippen molar-refractivity contribution in [1.82, 2.24) is 14.7 Å². The zero-order chi connectivity index (χ0) is 19.7. The molecule has 1 N–H and O–H groups in total. The van der Waals surface area contributed by atoms with E-state index in [4.69, 9.17) is 12.2 Å². The minimum Gasteiger partial charge on any atom is -0.295 e. The van der Waals surface area contributed by atoms with Crippen molar-refractivity contribution in [3.8, 4) is 5.69 Å². The number of thiocarbonyl (C=S) groups is 1. The first-order valence-electron chi connectivity index (χ1n) is 8.71. The van der Waals surface area contributed by atoms with Gasteiger partial charge < -0.3 is 0 Å². The van der Waals surface area contributed by atoms with Gasteiger partial charge in [0.15, 0.2) is 0 Å². The number of nitrogens with one attached hydrogen (secondary N) is 1. The Bertz CT molecular complexity index is 1130. The Morgan fingerprint density at radius 3 is 2.36 bits per heavy atom. The van der Waals surface area contributed by atoms with E-state index in [2.05, 4.69) is 5.10 Å². The summed E-state index contributed by atoms with van der Waals surface area (Å²) in [5, 5.41) is 3.07. The predicted molar refractivity (Wildman–Crippen MR) is 116 cm³/mol. The van der Waals surface area contributed by atoms with Crippen LogP contribution in [0.2, 0.25) is 0 Å². The predicted octanol–water partition coefficient (Wildman–Crippen LogP) is 3.88. The van der Waals surface area contributed by atoms with E-state index in [0.717, 1.165) is 11.3 Å². The van der Waals surface area contributed by atoms with Gasteiger partial charge in [0, 0.05) is 5.69 Å². The first-order valence-corrected chi connectivity index (χ1v) is 9.93. The monoisotopic (exact) mass is 407 g/mol. The molecule has 0 aliphatic carbocycles. The van der Waals surface area contributed by atoms with Crippen molar-refractivity contribution in [2.75, 3.05) is 0 Å². The molecule has 1 aromatic heterocycles. The number of H-pyrrole nitrogens is 1. The minimum atomic E-state index is -0.197. The van der Waals surface area contributed by atoms with E-state index >= 15 is 0 Å². The van der Waals surface area contributed by atoms with E-state index < -0.39 is 0 Å². The molecule has 2 heterocycles. The van der Waals surface area contributed by atoms with Crippen LogP contribution in [0, 0.1) is 6.92 Å². The summed E-state index contributed by atoms with van der Waals surface area (Å²) in [7, 11) is 0. The van der Waals surface area contributed by atoms with Crippen LogP contribution in [0.25, 0.3) is 11.8 Å². The second-order valence-electron chi connectivity index (χ2n) is 6.38. The van der Waals surface area contributed by atoms with Crippen molar-refractivity contribution in [3.63, 3.8) is 0 Å². The number of para-hydroxylation sites is 1. The van der Waals surface area contributed by atoms with E-state index in [1.165, 1.54) is 16.4 Å². The quantitative estimate of drug-likeness (QED) is 0.527. The smallest absolute Gasteiger partial charge is 0.278 e. The van der Waals surface area contributed by atoms with E-state index in [1.54, 1.807) is 11.0 Å². The Hall–Kier alpha value is -2.90. The number of rotatable bonds is 4. The SMILES string of the molecule is Cc1[nH]n(-c2ccccc2)c(=O)c1C=C1SC(=S)N(Cc2ccccc2)C1=O. The summed E-state index contributed by atoms with van der Waals surface area (Å²) < 4.78 is 1.97. The largest absolute Gasteiger partial charge is 0.295 e. The first kappa shape index (κ1) is 18.5. The Morgan fingerprint density at radius 2 is 1.68 bits per heavy atom. The standard InChI is InChI=1S/C21H17N3O2S2/c1-14-17(19(25)24(22-14)16-10-6-3-7-11-16)12-18-20(26)23(21(27)28-18)13-15-8-4-2-5-9-15/h2-12,22H,13H2,1H3. The summed E-state index contributed by atoms with van der Waals surface area (Å²) >= 11 is 6.62. The van der Waals surface area contributed by atoms with Gasteiger partial charge in [0.05, 0.1) is 22.7 Å². The molecule has 1 aliphatic rings. The number of carbonyl (C=O) groups is 1. The van der Waals surface area contributed by atoms with Crippen molar-refractivity contribution < 1.29 is 4.79 Å². The Balaban J connectivity index is 1.65. The van der Waals surface area contributed by atoms with Gasteiger partial charge in [-0.3, -0.25) is 19.6 Å². The van der Waals surface area contributed by atoms with Crippen LogP contribution in [-0.2, 0) is 11.3 Å². The van der Waals surface area contributed by atoms with Crippen molar-refractivity contribution in [1.29, 1.82) is 0 Å². The maximum atomic E-state index is 12.9. The van der Waals surface area contributed by atoms with E-state index in [-0.39, 0.29) is 11.5 Å². The molecule has 0 bridgehead atoms. The summed E-state index contributed by atoms with van der Waals surface area (Å²) in [4.78, 5) is 27.7. The number of hydrogen-bond acceptors (Lipinski definition) is 4. The third-order valence-electron chi connectivity index (χ3n) is 4.46. The van der Waals surface area contributed by atoms with Crippen LogP contribution >= 0.6 is 24.0 Å². The van der Waals surface area contributed by atoms with Crippen molar-refractivity contribution >= 4 is 40.3 Å². The van der Waals surface area contributed by atoms with Gasteiger partial charge in [0.1, 0.15) is 4.32 Å². The fourth-order valence-corrected chi connectivity index (χ4v) is 4.26. The Kier molecular flexibility index (Phi) is 5.02. The van der Waals surface area contributed by atoms with Gasteiger partial charge in [0.25, 0.3) is 11.5 Å². The van der Waals surface area contributed by atoms with Gasteiger partial charge in [-0.2, -0.15) is 0 Å². The average Bonchev–Trinajstić information content (AvgIpc) is 3.14. The number of thioether (sulfide) groups is 1. The van der Waals surface area contributed by atoms with Crippen LogP contribution in [0.4, 0.5) is 0 Å². The summed E-state index contributed by atoms with van der Waals surface area (Å²) in [5.74, 6) is -0.176. The average molecular weight is 408 g/mol. The van der Waals surface area contributed by atoms with Gasteiger partial charge in [-0.05, 0) is 30.7 Å². The molecule has 1 saturated heterocycles. The molecule has 1 amide bonds. The molecule has 1 fully saturated rings. The summed E-state index contributed by atoms with van der Waals surface area (Å²) in [6.07, 6.45) is 1.64. The topological polar surface area (TPSA) is 58.1 Å². The summed E-state index contributed by atoms with van der Waals surface area (Å²) in [6.45, 7) is 2.24. The molecule has 140 valence electrons. The molecule has 2 aromatic carbocycles. The van der Waals surface area contributed by atoms with Gasteiger partial charge in [-0.1, -0.05) is 72.5 Å². The minimum absolute atomic E-state index is 0.176. The maximum absolute atomic E-state index is 12.9. The molecular weight excluding hydrogens is 390 g/mol. The highest BCUT2D eigenvalue weighted by Crippen LogP contribution is 2.33. The normalized spacial score (nSPS) is 15.6. The molecule has 4 rings (SSSR count). The Labute approximate surface area is 171 Å². The molecule has 3 aromatic rings. The molecule has 0 atom stereocenters. The summed E-state index contributed by atoms with van der Waals surface area (Å²) in [5.41, 5.74) is 2.71. The van der Waals surface area contributed by atoms with Crippen LogP contribution in [0.1, 0.15) is 16.8 Å². The molecular formula is C21H17N3O2S2. The molecule has 0 saturated carbocycles. The molecule has 1 aliphatic heterocycles. The van der Waals surface area contributed by atoms with Crippen molar-refractivity contribution in [2.24, 2.45) is 0 Å². The Morgan fingerprint density at radius 1 is 1.04 bits per heavy atom. The molecule has 0 unspecified atom stereocenters. The van der Waals surface area contributed by atoms with E-state index in [9.17, 15) is 9.59 Å². The second-order valence-corrected chi connectivity index (χ2v) is 8.06. The molecule has 28 heavy (non-hydrogen) atoms. The van der Waals surface area contributed by atoms with Crippen LogP contribution in [0.3, 0.4) is 0 Å². The zero-order valence-electron chi connectivity index (χ0n) is 15.1. The maximum Gasteiger partial charge on any atom is 0.278 e. The number of aryl methyl sites for hydroxylation is 1. The van der Waals surface area contributed by atoms with Gasteiger partial charge in [0.2, 0.25) is 0 Å². The number of amides is 1. The lowest BCUT2D eigenvalue weighted by Crippen LogP contribution is -2.27. The van der Waals surface area contributed by atoms with E-state index in [1.807, 2.05) is 67.6 Å². The van der Waals surface area contributed by atoms with Crippen molar-refractivity contribution in [2.45, 2.75) is 13.5 Å².